The average molecular weight is 1410 g/mol. The van der Waals surface area contributed by atoms with Gasteiger partial charge in [-0.2, -0.15) is 0 Å². The van der Waals surface area contributed by atoms with Gasteiger partial charge < -0.3 is 14.2 Å². The van der Waals surface area contributed by atoms with Crippen LogP contribution in [-0.2, 0) is 32.1 Å². The molecule has 0 atom stereocenters. The van der Waals surface area contributed by atoms with Crippen molar-refractivity contribution >= 4 is 0 Å². The van der Waals surface area contributed by atoms with E-state index in [-0.39, 0.29) is 0 Å². The van der Waals surface area contributed by atoms with E-state index in [1.807, 2.05) is 49.1 Å². The van der Waals surface area contributed by atoms with Gasteiger partial charge in [-0.3, -0.25) is 19.9 Å². The molecule has 0 aliphatic rings. The Bertz CT molecular complexity index is 4330. The van der Waals surface area contributed by atoms with Gasteiger partial charge in [0, 0.05) is 47.0 Å². The fraction of sp³-hybridized carbons (Fsp3) is 0.313. The Morgan fingerprint density at radius 1 is 0.179 bits per heavy atom. The van der Waals surface area contributed by atoms with Crippen molar-refractivity contribution in [3.05, 3.63) is 295 Å². The highest BCUT2D eigenvalue weighted by atomic mass is 16.5. The van der Waals surface area contributed by atoms with Crippen LogP contribution >= 0.6 is 0 Å². The molecule has 12 aromatic rings. The van der Waals surface area contributed by atoms with E-state index in [0.717, 1.165) is 154 Å². The van der Waals surface area contributed by atoms with Crippen LogP contribution < -0.4 is 14.2 Å². The summed E-state index contributed by atoms with van der Waals surface area (Å²) >= 11 is 0. The Morgan fingerprint density at radius 3 is 0.679 bits per heavy atom. The minimum absolute atomic E-state index is 0.762. The summed E-state index contributed by atoms with van der Waals surface area (Å²) in [5.41, 5.74) is 25.2. The zero-order chi connectivity index (χ0) is 74.2. The molecule has 12 rings (SSSR count). The van der Waals surface area contributed by atoms with Crippen molar-refractivity contribution in [2.45, 2.75) is 184 Å². The van der Waals surface area contributed by atoms with Gasteiger partial charge in [-0.05, 0) is 191 Å². The fourth-order valence-corrected chi connectivity index (χ4v) is 12.6. The van der Waals surface area contributed by atoms with Crippen LogP contribution in [0.4, 0.5) is 0 Å². The van der Waals surface area contributed by atoms with Gasteiger partial charge in [-0.15, -0.1) is 0 Å². The van der Waals surface area contributed by atoms with Crippen LogP contribution in [0.15, 0.2) is 267 Å². The molecule has 4 heterocycles. The predicted molar refractivity (Wildman–Crippen MR) is 450 cm³/mol. The Kier molecular flexibility index (Phi) is 34.1. The van der Waals surface area contributed by atoms with Gasteiger partial charge in [0.15, 0.2) is 0 Å². The Morgan fingerprint density at radius 2 is 0.415 bits per heavy atom. The number of nitrogens with zero attached hydrogens (tertiary/aromatic N) is 4. The van der Waals surface area contributed by atoms with Gasteiger partial charge in [-0.1, -0.05) is 308 Å². The fourth-order valence-electron chi connectivity index (χ4n) is 12.6. The van der Waals surface area contributed by atoms with Crippen molar-refractivity contribution in [2.75, 3.05) is 19.8 Å². The van der Waals surface area contributed by atoms with Gasteiger partial charge in [0.05, 0.1) is 42.6 Å². The third-order valence-corrected chi connectivity index (χ3v) is 18.9. The smallest absolute Gasteiger partial charge is 0.119 e. The third kappa shape index (κ3) is 26.1. The summed E-state index contributed by atoms with van der Waals surface area (Å²) in [6, 6.07) is 85.8. The van der Waals surface area contributed by atoms with Crippen LogP contribution in [0.2, 0.25) is 0 Å². The van der Waals surface area contributed by atoms with Gasteiger partial charge in [0.1, 0.15) is 17.2 Å². The maximum Gasteiger partial charge on any atom is 0.119 e. The molecule has 0 radical (unpaired) electrons. The maximum absolute atomic E-state index is 5.79. The molecule has 7 nitrogen and oxygen atoms in total. The molecule has 106 heavy (non-hydrogen) atoms. The SMILES string of the molecule is CCCCCCCc1ccc(-c2ccc(-c3ccc(CCC)cn3)cc2)cc1.CCCCCOc1ccc(-c2ccc(-c3ccc(CCC)cn3)cc2)cc1.CCCCOc1ccc(-c2ccc(-c3ccc(CCC)cn3)cc2)cc1.CCCOc1ccc(-c2ccc(-c3ccc(CCC)cn3)cc2)cc1. The van der Waals surface area contributed by atoms with Crippen LogP contribution in [0, 0.1) is 0 Å². The van der Waals surface area contributed by atoms with Crippen molar-refractivity contribution in [1.82, 2.24) is 19.9 Å². The molecule has 0 unspecified atom stereocenters. The Labute approximate surface area is 636 Å². The first-order chi connectivity index (χ1) is 52.2. The Balaban J connectivity index is 0.000000164. The van der Waals surface area contributed by atoms with Crippen molar-refractivity contribution in [2.24, 2.45) is 0 Å². The predicted octanol–water partition coefficient (Wildman–Crippen LogP) is 27.5. The van der Waals surface area contributed by atoms with E-state index >= 15 is 0 Å². The first-order valence-electron chi connectivity index (χ1n) is 39.7. The minimum Gasteiger partial charge on any atom is -0.494 e. The van der Waals surface area contributed by atoms with Crippen molar-refractivity contribution < 1.29 is 14.2 Å². The quantitative estimate of drug-likeness (QED) is 0.0372. The standard InChI is InChI=1S/C27H33N.C25H29NO.C24H27NO.C23H25NO/c1-3-5-6-7-8-10-22-11-14-24(15-12-22)25-16-18-26(19-17-25)27-20-13-23(9-4-2)21-28-27;1-3-5-6-18-27-24-15-13-22(14-16-24)21-9-11-23(12-10-21)25-17-8-20(7-4-2)19-26-25;1-3-5-17-26-23-14-12-21(13-15-23)20-8-10-22(11-9-20)24-16-7-19(6-4-2)18-25-24;1-3-5-18-6-15-23(24-17-18)21-9-7-19(8-10-21)20-11-13-22(14-12-20)25-16-4-2/h11-21H,3-10H2,1-2H3;8-17,19H,3-7,18H2,1-2H3;7-16,18H,3-6,17H2,1-2H3;6-15,17H,3-5,16H2,1-2H3. The lowest BCUT2D eigenvalue weighted by Gasteiger charge is -2.08. The highest BCUT2D eigenvalue weighted by Crippen LogP contribution is 2.31. The highest BCUT2D eigenvalue weighted by Gasteiger charge is 2.09. The molecular formula is C99H114N4O3. The second kappa shape index (κ2) is 45.2. The van der Waals surface area contributed by atoms with E-state index in [2.05, 4.69) is 294 Å². The van der Waals surface area contributed by atoms with Crippen LogP contribution in [0.1, 0.15) is 180 Å². The molecule has 0 saturated heterocycles. The molecule has 0 N–H and O–H groups in total. The maximum atomic E-state index is 5.79. The normalized spacial score (nSPS) is 10.8. The number of unbranched alkanes of at least 4 members (excludes halogenated alkanes) is 7. The van der Waals surface area contributed by atoms with Crippen molar-refractivity contribution in [3.63, 3.8) is 0 Å². The van der Waals surface area contributed by atoms with Gasteiger partial charge >= 0.3 is 0 Å². The number of aromatic nitrogens is 4. The molecule has 0 fully saturated rings. The number of hydrogen-bond donors (Lipinski definition) is 0. The first kappa shape index (κ1) is 79.9. The average Bonchev–Trinajstić information content (AvgIpc) is 0.849. The molecule has 0 saturated carbocycles. The number of ether oxygens (including phenoxy) is 3. The summed E-state index contributed by atoms with van der Waals surface area (Å²) in [5, 5.41) is 0. The number of rotatable bonds is 34. The molecule has 548 valence electrons. The van der Waals surface area contributed by atoms with Crippen LogP contribution in [0.3, 0.4) is 0 Å². The molecule has 0 spiro atoms. The topological polar surface area (TPSA) is 79.3 Å². The zero-order valence-electron chi connectivity index (χ0n) is 64.7. The zero-order valence-corrected chi connectivity index (χ0v) is 64.7. The molecular weight excluding hydrogens is 1290 g/mol. The second-order valence-corrected chi connectivity index (χ2v) is 27.6. The van der Waals surface area contributed by atoms with E-state index in [1.165, 1.54) is 129 Å². The van der Waals surface area contributed by atoms with E-state index in [9.17, 15) is 0 Å². The Hall–Kier alpha value is -10.2. The number of aryl methyl sites for hydroxylation is 5. The highest BCUT2D eigenvalue weighted by molar-refractivity contribution is 5.73. The number of pyridine rings is 4. The lowest BCUT2D eigenvalue weighted by atomic mass is 9.99. The summed E-state index contributed by atoms with van der Waals surface area (Å²) < 4.78 is 17.2. The van der Waals surface area contributed by atoms with Crippen molar-refractivity contribution in [1.29, 1.82) is 0 Å². The summed E-state index contributed by atoms with van der Waals surface area (Å²) in [6.45, 7) is 19.9. The third-order valence-electron chi connectivity index (χ3n) is 18.9. The van der Waals surface area contributed by atoms with Gasteiger partial charge in [0.25, 0.3) is 0 Å². The molecule has 0 aliphatic carbocycles. The van der Waals surface area contributed by atoms with E-state index in [4.69, 9.17) is 14.2 Å². The molecule has 4 aromatic heterocycles. The summed E-state index contributed by atoms with van der Waals surface area (Å²) in [7, 11) is 0. The van der Waals surface area contributed by atoms with E-state index < -0.39 is 0 Å². The van der Waals surface area contributed by atoms with Crippen LogP contribution in [0.25, 0.3) is 89.5 Å². The van der Waals surface area contributed by atoms with Crippen LogP contribution in [-0.4, -0.2) is 39.8 Å². The molecule has 0 aliphatic heterocycles. The summed E-state index contributed by atoms with van der Waals surface area (Å²) in [4.78, 5) is 18.4. The monoisotopic (exact) mass is 1410 g/mol. The van der Waals surface area contributed by atoms with Gasteiger partial charge in [0.2, 0.25) is 0 Å². The molecule has 0 bridgehead atoms. The summed E-state index contributed by atoms with van der Waals surface area (Å²) in [5.74, 6) is 2.82. The lowest BCUT2D eigenvalue weighted by Crippen LogP contribution is -1.96. The van der Waals surface area contributed by atoms with E-state index in [0.29, 0.717) is 0 Å². The number of hydrogen-bond acceptors (Lipinski definition) is 7. The van der Waals surface area contributed by atoms with Crippen LogP contribution in [0.5, 0.6) is 17.2 Å². The van der Waals surface area contributed by atoms with Gasteiger partial charge in [-0.25, -0.2) is 0 Å². The summed E-state index contributed by atoms with van der Waals surface area (Å²) in [6.07, 6.45) is 31.7. The first-order valence-corrected chi connectivity index (χ1v) is 39.7. The largest absolute Gasteiger partial charge is 0.494 e. The molecule has 8 aromatic carbocycles. The van der Waals surface area contributed by atoms with E-state index in [1.54, 1.807) is 0 Å². The second-order valence-electron chi connectivity index (χ2n) is 27.6. The molecule has 0 amide bonds. The lowest BCUT2D eigenvalue weighted by molar-refractivity contribution is 0.306. The molecule has 7 heteroatoms. The van der Waals surface area contributed by atoms with Crippen molar-refractivity contribution in [3.8, 4) is 107 Å². The number of benzene rings is 8. The minimum atomic E-state index is 0.762.